The molecule has 0 spiro atoms. The molecule has 4 rings (SSSR count). The van der Waals surface area contributed by atoms with Crippen molar-refractivity contribution in [1.82, 2.24) is 9.47 Å². The number of benzene rings is 1. The Hall–Kier alpha value is -2.61. The average Bonchev–Trinajstić information content (AvgIpc) is 3.45. The molecular formula is C20H24FN3O4. The summed E-state index contributed by atoms with van der Waals surface area (Å²) in [4.78, 5) is 27.9. The molecule has 2 unspecified atom stereocenters. The third kappa shape index (κ3) is 3.22. The zero-order valence-electron chi connectivity index (χ0n) is 16.2. The standard InChI is InChI=1S/C20H24FN3O4/c1-11-9-23(12(2)8-22(11)3)17-7-16-14(6-15(17)21)19(25)18(28-20(26)27)10-24(16)13-4-5-13/h6-7,10-13H,4-5,8-9H2,1-3H3,(H,26,27). The van der Waals surface area contributed by atoms with Crippen molar-refractivity contribution in [2.24, 2.45) is 0 Å². The van der Waals surface area contributed by atoms with Gasteiger partial charge in [-0.25, -0.2) is 9.18 Å². The Labute approximate surface area is 161 Å². The Morgan fingerprint density at radius 2 is 1.93 bits per heavy atom. The third-order valence-corrected chi connectivity index (χ3v) is 5.81. The van der Waals surface area contributed by atoms with Crippen molar-refractivity contribution in [2.45, 2.75) is 44.8 Å². The Morgan fingerprint density at radius 3 is 2.57 bits per heavy atom. The quantitative estimate of drug-likeness (QED) is 0.814. The number of likely N-dealkylation sites (N-methyl/N-ethyl adjacent to an activating group) is 1. The fourth-order valence-corrected chi connectivity index (χ4v) is 4.01. The maximum atomic E-state index is 15.1. The van der Waals surface area contributed by atoms with Crippen LogP contribution in [0, 0.1) is 5.82 Å². The molecule has 0 amide bonds. The number of pyridine rings is 1. The molecule has 0 bridgehead atoms. The summed E-state index contributed by atoms with van der Waals surface area (Å²) in [6.45, 7) is 5.67. The lowest BCUT2D eigenvalue weighted by molar-refractivity contribution is 0.143. The first-order valence-electron chi connectivity index (χ1n) is 9.52. The van der Waals surface area contributed by atoms with Crippen LogP contribution in [0.15, 0.2) is 23.1 Å². The number of piperazine rings is 1. The van der Waals surface area contributed by atoms with Crippen molar-refractivity contribution in [3.05, 3.63) is 34.4 Å². The lowest BCUT2D eigenvalue weighted by Gasteiger charge is -2.44. The third-order valence-electron chi connectivity index (χ3n) is 5.81. The molecule has 2 fully saturated rings. The molecule has 150 valence electrons. The number of nitrogens with zero attached hydrogens (tertiary/aromatic N) is 3. The van der Waals surface area contributed by atoms with Crippen LogP contribution in [0.5, 0.6) is 5.75 Å². The van der Waals surface area contributed by atoms with Crippen LogP contribution < -0.4 is 15.1 Å². The van der Waals surface area contributed by atoms with Crippen LogP contribution in [-0.4, -0.2) is 52.9 Å². The van der Waals surface area contributed by atoms with Gasteiger partial charge >= 0.3 is 6.16 Å². The number of hydrogen-bond donors (Lipinski definition) is 1. The van der Waals surface area contributed by atoms with Crippen molar-refractivity contribution >= 4 is 22.7 Å². The van der Waals surface area contributed by atoms with Gasteiger partial charge in [-0.05, 0) is 45.9 Å². The highest BCUT2D eigenvalue weighted by Gasteiger charge is 2.31. The van der Waals surface area contributed by atoms with Gasteiger partial charge in [0.1, 0.15) is 5.82 Å². The second-order valence-corrected chi connectivity index (χ2v) is 7.94. The molecule has 0 radical (unpaired) electrons. The highest BCUT2D eigenvalue weighted by Crippen LogP contribution is 2.39. The second kappa shape index (κ2) is 6.77. The number of anilines is 1. The van der Waals surface area contributed by atoms with E-state index in [1.54, 1.807) is 6.07 Å². The minimum absolute atomic E-state index is 0.129. The lowest BCUT2D eigenvalue weighted by Crippen LogP contribution is -2.55. The van der Waals surface area contributed by atoms with Gasteiger partial charge in [-0.1, -0.05) is 0 Å². The van der Waals surface area contributed by atoms with Gasteiger partial charge in [0.2, 0.25) is 5.43 Å². The van der Waals surface area contributed by atoms with Crippen LogP contribution in [0.4, 0.5) is 14.9 Å². The minimum Gasteiger partial charge on any atom is -0.449 e. The van der Waals surface area contributed by atoms with E-state index in [0.29, 0.717) is 17.7 Å². The van der Waals surface area contributed by atoms with Crippen molar-refractivity contribution in [3.63, 3.8) is 0 Å². The Kier molecular flexibility index (Phi) is 4.53. The van der Waals surface area contributed by atoms with E-state index >= 15 is 4.39 Å². The highest BCUT2D eigenvalue weighted by molar-refractivity contribution is 5.85. The normalized spacial score (nSPS) is 23.2. The number of aromatic nitrogens is 1. The van der Waals surface area contributed by atoms with E-state index in [9.17, 15) is 9.59 Å². The number of carboxylic acid groups (broad SMARTS) is 1. The summed E-state index contributed by atoms with van der Waals surface area (Å²) in [5.41, 5.74) is 0.473. The number of rotatable bonds is 3. The molecule has 28 heavy (non-hydrogen) atoms. The number of ether oxygens (including phenoxy) is 1. The fourth-order valence-electron chi connectivity index (χ4n) is 4.01. The first kappa shape index (κ1) is 18.7. The number of carbonyl (C=O) groups is 1. The van der Waals surface area contributed by atoms with E-state index in [1.807, 2.05) is 9.47 Å². The lowest BCUT2D eigenvalue weighted by atomic mass is 10.1. The SMILES string of the molecule is CC1CN(c2cc3c(cc2F)c(=O)c(OC(=O)O)cn3C2CC2)C(C)CN1C. The van der Waals surface area contributed by atoms with Gasteiger partial charge in [-0.2, -0.15) is 0 Å². The molecule has 2 atom stereocenters. The highest BCUT2D eigenvalue weighted by atomic mass is 19.1. The van der Waals surface area contributed by atoms with Crippen molar-refractivity contribution < 1.29 is 19.0 Å². The van der Waals surface area contributed by atoms with Crippen molar-refractivity contribution in [2.75, 3.05) is 25.0 Å². The molecule has 1 aliphatic carbocycles. The molecular weight excluding hydrogens is 365 g/mol. The number of hydrogen-bond acceptors (Lipinski definition) is 5. The number of fused-ring (bicyclic) bond motifs is 1. The molecule has 1 saturated heterocycles. The topological polar surface area (TPSA) is 75.0 Å². The molecule has 2 heterocycles. The monoisotopic (exact) mass is 389 g/mol. The average molecular weight is 389 g/mol. The van der Waals surface area contributed by atoms with Crippen molar-refractivity contribution in [3.8, 4) is 5.75 Å². The van der Waals surface area contributed by atoms with Gasteiger partial charge in [0, 0.05) is 31.2 Å². The molecule has 1 aliphatic heterocycles. The van der Waals surface area contributed by atoms with Crippen LogP contribution in [0.25, 0.3) is 10.9 Å². The molecule has 1 aromatic carbocycles. The van der Waals surface area contributed by atoms with E-state index in [0.717, 1.165) is 19.4 Å². The predicted octanol–water partition coefficient (Wildman–Crippen LogP) is 3.06. The van der Waals surface area contributed by atoms with E-state index in [-0.39, 0.29) is 29.3 Å². The van der Waals surface area contributed by atoms with Crippen LogP contribution >= 0.6 is 0 Å². The summed E-state index contributed by atoms with van der Waals surface area (Å²) in [5, 5.41) is 9.04. The Balaban J connectivity index is 1.87. The molecule has 1 saturated carbocycles. The van der Waals surface area contributed by atoms with Crippen molar-refractivity contribution in [1.29, 1.82) is 0 Å². The van der Waals surface area contributed by atoms with E-state index in [1.165, 1.54) is 12.3 Å². The summed E-state index contributed by atoms with van der Waals surface area (Å²) in [6, 6.07) is 3.52. The van der Waals surface area contributed by atoms with E-state index < -0.39 is 17.4 Å². The summed E-state index contributed by atoms with van der Waals surface area (Å²) in [6.07, 6.45) is 1.74. The van der Waals surface area contributed by atoms with Gasteiger partial charge in [0.25, 0.3) is 0 Å². The van der Waals surface area contributed by atoms with Crippen LogP contribution in [0.3, 0.4) is 0 Å². The van der Waals surface area contributed by atoms with E-state index in [4.69, 9.17) is 5.11 Å². The van der Waals surface area contributed by atoms with Gasteiger partial charge in [0.05, 0.1) is 22.8 Å². The zero-order valence-corrected chi connectivity index (χ0v) is 16.2. The first-order valence-corrected chi connectivity index (χ1v) is 9.52. The predicted molar refractivity (Wildman–Crippen MR) is 104 cm³/mol. The van der Waals surface area contributed by atoms with Crippen LogP contribution in [-0.2, 0) is 0 Å². The molecule has 8 heteroatoms. The van der Waals surface area contributed by atoms with Crippen LogP contribution in [0.1, 0.15) is 32.7 Å². The molecule has 1 N–H and O–H groups in total. The summed E-state index contributed by atoms with van der Waals surface area (Å²) < 4.78 is 21.6. The zero-order chi connectivity index (χ0) is 20.2. The maximum absolute atomic E-state index is 15.1. The molecule has 1 aromatic heterocycles. The van der Waals surface area contributed by atoms with Crippen LogP contribution in [0.2, 0.25) is 0 Å². The maximum Gasteiger partial charge on any atom is 0.511 e. The van der Waals surface area contributed by atoms with Gasteiger partial charge in [-0.15, -0.1) is 0 Å². The van der Waals surface area contributed by atoms with Gasteiger partial charge in [-0.3, -0.25) is 9.69 Å². The molecule has 2 aliphatic rings. The number of halogens is 1. The Morgan fingerprint density at radius 1 is 1.21 bits per heavy atom. The minimum atomic E-state index is -1.56. The second-order valence-electron chi connectivity index (χ2n) is 7.94. The summed E-state index contributed by atoms with van der Waals surface area (Å²) in [5.74, 6) is -0.774. The largest absolute Gasteiger partial charge is 0.511 e. The fraction of sp³-hybridized carbons (Fsp3) is 0.500. The molecule has 2 aromatic rings. The summed E-state index contributed by atoms with van der Waals surface area (Å²) >= 11 is 0. The first-order chi connectivity index (χ1) is 13.3. The Bertz CT molecular complexity index is 1000. The van der Waals surface area contributed by atoms with Gasteiger partial charge < -0.3 is 19.3 Å². The smallest absolute Gasteiger partial charge is 0.449 e. The molecule has 7 nitrogen and oxygen atoms in total. The van der Waals surface area contributed by atoms with Gasteiger partial charge in [0.15, 0.2) is 5.75 Å². The van der Waals surface area contributed by atoms with E-state index in [2.05, 4.69) is 30.5 Å². The summed E-state index contributed by atoms with van der Waals surface area (Å²) in [7, 11) is 2.06.